The van der Waals surface area contributed by atoms with Gasteiger partial charge in [-0.25, -0.2) is 13.6 Å². The number of primary sulfonamides is 1. The molecule has 1 aromatic rings. The van der Waals surface area contributed by atoms with Crippen molar-refractivity contribution in [3.05, 3.63) is 24.3 Å². The molecule has 0 radical (unpaired) electrons. The molecular weight excluding hydrogens is 285 g/mol. The molecule has 1 rings (SSSR count). The van der Waals surface area contributed by atoms with Crippen LogP contribution in [0.3, 0.4) is 0 Å². The van der Waals surface area contributed by atoms with Crippen molar-refractivity contribution in [1.82, 2.24) is 0 Å². The molecule has 0 fully saturated rings. The molecular formula is C8H12NO5PS2. The maximum absolute atomic E-state index is 11.0. The predicted molar refractivity (Wildman–Crippen MR) is 66.7 cm³/mol. The molecule has 0 amide bonds. The minimum absolute atomic E-state index is 0.00650. The van der Waals surface area contributed by atoms with Crippen molar-refractivity contribution in [2.45, 2.75) is 4.90 Å². The second-order valence-electron chi connectivity index (χ2n) is 2.92. The Hall–Kier alpha value is -0.500. The second kappa shape index (κ2) is 5.43. The molecule has 1 aromatic carbocycles. The maximum Gasteiger partial charge on any atom is 0.380 e. The Morgan fingerprint density at radius 2 is 1.65 bits per heavy atom. The lowest BCUT2D eigenvalue weighted by Gasteiger charge is -2.18. The van der Waals surface area contributed by atoms with Gasteiger partial charge in [-0.2, -0.15) is 0 Å². The first-order valence-corrected chi connectivity index (χ1v) is 8.45. The Kier molecular flexibility index (Phi) is 4.65. The van der Waals surface area contributed by atoms with Crippen LogP contribution in [-0.4, -0.2) is 22.6 Å². The van der Waals surface area contributed by atoms with Crippen LogP contribution >= 0.6 is 6.72 Å². The van der Waals surface area contributed by atoms with Crippen molar-refractivity contribution in [1.29, 1.82) is 0 Å². The van der Waals surface area contributed by atoms with Gasteiger partial charge in [0.25, 0.3) is 0 Å². The summed E-state index contributed by atoms with van der Waals surface area (Å²) in [7, 11) is -0.953. The molecule has 0 bridgehead atoms. The zero-order valence-electron chi connectivity index (χ0n) is 9.19. The molecule has 6 nitrogen and oxygen atoms in total. The summed E-state index contributed by atoms with van der Waals surface area (Å²) in [5.41, 5.74) is 0. The highest BCUT2D eigenvalue weighted by atomic mass is 32.5. The standard InChI is InChI=1S/C8H12NO5PS2/c1-12-15(16,13-2)14-7-3-5-8(6-4-7)17(9,10)11/h3-6H,1-2H3,(H2,9,10,11). The molecule has 96 valence electrons. The summed E-state index contributed by atoms with van der Waals surface area (Å²) in [4.78, 5) is -0.00650. The van der Waals surface area contributed by atoms with E-state index in [0.29, 0.717) is 5.75 Å². The van der Waals surface area contributed by atoms with Crippen molar-refractivity contribution < 1.29 is 22.0 Å². The molecule has 0 spiro atoms. The van der Waals surface area contributed by atoms with Crippen molar-refractivity contribution in [2.75, 3.05) is 14.2 Å². The first kappa shape index (κ1) is 14.6. The van der Waals surface area contributed by atoms with E-state index in [1.165, 1.54) is 38.5 Å². The Balaban J connectivity index is 2.93. The van der Waals surface area contributed by atoms with Crippen molar-refractivity contribution in [3.8, 4) is 5.75 Å². The van der Waals surface area contributed by atoms with E-state index in [0.717, 1.165) is 0 Å². The van der Waals surface area contributed by atoms with Gasteiger partial charge in [0.2, 0.25) is 10.0 Å². The highest BCUT2D eigenvalue weighted by Gasteiger charge is 2.18. The number of benzene rings is 1. The van der Waals surface area contributed by atoms with Crippen LogP contribution in [0, 0.1) is 0 Å². The van der Waals surface area contributed by atoms with Gasteiger partial charge in [0, 0.05) is 26.0 Å². The van der Waals surface area contributed by atoms with E-state index in [-0.39, 0.29) is 4.90 Å². The van der Waals surface area contributed by atoms with Crippen LogP contribution in [0.15, 0.2) is 29.2 Å². The molecule has 17 heavy (non-hydrogen) atoms. The third-order valence-corrected chi connectivity index (χ3v) is 5.19. The fourth-order valence-corrected chi connectivity index (χ4v) is 2.42. The van der Waals surface area contributed by atoms with E-state index >= 15 is 0 Å². The van der Waals surface area contributed by atoms with Crippen LogP contribution in [0.5, 0.6) is 5.75 Å². The Labute approximate surface area is 105 Å². The van der Waals surface area contributed by atoms with Gasteiger partial charge in [-0.1, -0.05) is 0 Å². The summed E-state index contributed by atoms with van der Waals surface area (Å²) < 4.78 is 37.2. The van der Waals surface area contributed by atoms with E-state index in [1.54, 1.807) is 0 Å². The van der Waals surface area contributed by atoms with Gasteiger partial charge in [-0.15, -0.1) is 0 Å². The molecule has 0 aliphatic rings. The SMILES string of the molecule is COP(=S)(OC)Oc1ccc(S(N)(=O)=O)cc1. The zero-order valence-corrected chi connectivity index (χ0v) is 11.7. The minimum atomic E-state index is -3.71. The molecule has 0 heterocycles. The molecule has 0 aliphatic carbocycles. The van der Waals surface area contributed by atoms with Gasteiger partial charge in [-0.3, -0.25) is 0 Å². The van der Waals surface area contributed by atoms with Gasteiger partial charge < -0.3 is 13.6 Å². The van der Waals surface area contributed by atoms with Gasteiger partial charge in [-0.05, 0) is 24.3 Å². The summed E-state index contributed by atoms with van der Waals surface area (Å²) >= 11 is 4.99. The summed E-state index contributed by atoms with van der Waals surface area (Å²) in [5, 5.41) is 4.95. The molecule has 0 atom stereocenters. The average molecular weight is 297 g/mol. The monoisotopic (exact) mass is 297 g/mol. The lowest BCUT2D eigenvalue weighted by Crippen LogP contribution is -2.11. The Bertz CT molecular complexity index is 519. The number of nitrogens with two attached hydrogens (primary N) is 1. The van der Waals surface area contributed by atoms with Crippen LogP contribution in [-0.2, 0) is 30.9 Å². The lowest BCUT2D eigenvalue weighted by molar-refractivity contribution is 0.273. The fraction of sp³-hybridized carbons (Fsp3) is 0.250. The number of rotatable bonds is 5. The fourth-order valence-electron chi connectivity index (χ4n) is 0.968. The summed E-state index contributed by atoms with van der Waals surface area (Å²) in [6.45, 7) is -2.81. The maximum atomic E-state index is 11.0. The topological polar surface area (TPSA) is 87.8 Å². The van der Waals surface area contributed by atoms with Crippen molar-refractivity contribution in [3.63, 3.8) is 0 Å². The third-order valence-electron chi connectivity index (χ3n) is 1.82. The minimum Gasteiger partial charge on any atom is -0.424 e. The van der Waals surface area contributed by atoms with E-state index in [1.807, 2.05) is 0 Å². The normalized spacial score (nSPS) is 12.4. The molecule has 0 aromatic heterocycles. The molecule has 9 heteroatoms. The second-order valence-corrected chi connectivity index (χ2v) is 7.63. The Morgan fingerprint density at radius 3 is 2.00 bits per heavy atom. The van der Waals surface area contributed by atoms with Crippen LogP contribution in [0.1, 0.15) is 0 Å². The largest absolute Gasteiger partial charge is 0.424 e. The molecule has 0 aliphatic heterocycles. The van der Waals surface area contributed by atoms with Crippen molar-refractivity contribution >= 4 is 28.5 Å². The summed E-state index contributed by atoms with van der Waals surface area (Å²) in [5.74, 6) is 0.351. The smallest absolute Gasteiger partial charge is 0.380 e. The summed E-state index contributed by atoms with van der Waals surface area (Å²) in [6.07, 6.45) is 0. The third kappa shape index (κ3) is 4.02. The van der Waals surface area contributed by atoms with Crippen LogP contribution in [0.4, 0.5) is 0 Å². The first-order chi connectivity index (χ1) is 7.80. The highest BCUT2D eigenvalue weighted by Crippen LogP contribution is 2.48. The number of hydrogen-bond donors (Lipinski definition) is 1. The van der Waals surface area contributed by atoms with Gasteiger partial charge in [0.15, 0.2) is 0 Å². The zero-order chi connectivity index (χ0) is 13.1. The van der Waals surface area contributed by atoms with Crippen LogP contribution in [0.2, 0.25) is 0 Å². The van der Waals surface area contributed by atoms with E-state index in [4.69, 9.17) is 30.5 Å². The van der Waals surface area contributed by atoms with Crippen molar-refractivity contribution in [2.24, 2.45) is 5.14 Å². The molecule has 0 saturated carbocycles. The quantitative estimate of drug-likeness (QED) is 0.822. The van der Waals surface area contributed by atoms with E-state index in [9.17, 15) is 8.42 Å². The van der Waals surface area contributed by atoms with E-state index in [2.05, 4.69) is 0 Å². The van der Waals surface area contributed by atoms with Crippen LogP contribution in [0.25, 0.3) is 0 Å². The molecule has 0 saturated heterocycles. The predicted octanol–water partition coefficient (Wildman–Crippen LogP) is 1.23. The molecule has 2 N–H and O–H groups in total. The van der Waals surface area contributed by atoms with Gasteiger partial charge in [0.05, 0.1) is 4.90 Å². The number of sulfonamides is 1. The number of hydrogen-bond acceptors (Lipinski definition) is 6. The van der Waals surface area contributed by atoms with Gasteiger partial charge >= 0.3 is 6.72 Å². The Morgan fingerprint density at radius 1 is 1.18 bits per heavy atom. The summed E-state index contributed by atoms with van der Waals surface area (Å²) in [6, 6.07) is 5.49. The average Bonchev–Trinajstić information content (AvgIpc) is 2.28. The lowest BCUT2D eigenvalue weighted by atomic mass is 10.3. The highest BCUT2D eigenvalue weighted by molar-refractivity contribution is 8.07. The molecule has 0 unspecified atom stereocenters. The first-order valence-electron chi connectivity index (χ1n) is 4.35. The van der Waals surface area contributed by atoms with Gasteiger partial charge in [0.1, 0.15) is 5.75 Å². The van der Waals surface area contributed by atoms with Crippen LogP contribution < -0.4 is 9.66 Å². The van der Waals surface area contributed by atoms with E-state index < -0.39 is 16.7 Å².